The summed E-state index contributed by atoms with van der Waals surface area (Å²) in [5.41, 5.74) is 2.70. The van der Waals surface area contributed by atoms with Crippen LogP contribution in [0.2, 0.25) is 0 Å². The zero-order valence-electron chi connectivity index (χ0n) is 13.6. The lowest BCUT2D eigenvalue weighted by Gasteiger charge is -2.14. The molecule has 7 heteroatoms. The Labute approximate surface area is 141 Å². The van der Waals surface area contributed by atoms with E-state index in [1.54, 1.807) is 13.8 Å². The molecule has 2 aromatic rings. The molecule has 0 saturated carbocycles. The molecule has 0 unspecified atom stereocenters. The zero-order chi connectivity index (χ0) is 17.9. The fourth-order valence-corrected chi connectivity index (χ4v) is 4.07. The quantitative estimate of drug-likeness (QED) is 0.854. The maximum absolute atomic E-state index is 12.6. The number of carboxylic acids is 1. The van der Waals surface area contributed by atoms with E-state index in [9.17, 15) is 18.3 Å². The standard InChI is InChI=1S/C17H19NO5S/c1-11-8-12(2)17(13(3)9-11)24(21,22)18-14-4-6-15(7-5-14)23-10-16(19)20/h4-9,18H,10H2,1-3H3,(H,19,20)/p-1. The summed E-state index contributed by atoms with van der Waals surface area (Å²) >= 11 is 0. The van der Waals surface area contributed by atoms with Gasteiger partial charge < -0.3 is 14.6 Å². The largest absolute Gasteiger partial charge is 0.546 e. The van der Waals surface area contributed by atoms with E-state index in [0.29, 0.717) is 22.6 Å². The molecule has 0 aromatic heterocycles. The second-order valence-corrected chi connectivity index (χ2v) is 7.14. The Bertz CT molecular complexity index is 834. The predicted molar refractivity (Wildman–Crippen MR) is 88.4 cm³/mol. The van der Waals surface area contributed by atoms with Gasteiger partial charge in [0.1, 0.15) is 12.4 Å². The lowest BCUT2D eigenvalue weighted by atomic mass is 10.1. The molecule has 0 heterocycles. The van der Waals surface area contributed by atoms with Gasteiger partial charge in [-0.05, 0) is 56.2 Å². The number of nitrogens with one attached hydrogen (secondary N) is 1. The number of carbonyl (C=O) groups is 1. The van der Waals surface area contributed by atoms with Crippen LogP contribution in [-0.4, -0.2) is 21.0 Å². The van der Waals surface area contributed by atoms with Gasteiger partial charge in [0.15, 0.2) is 0 Å². The summed E-state index contributed by atoms with van der Waals surface area (Å²) in [6, 6.07) is 9.60. The summed E-state index contributed by atoms with van der Waals surface area (Å²) in [5.74, 6) is -1.02. The minimum Gasteiger partial charge on any atom is -0.546 e. The minimum absolute atomic E-state index is 0.255. The number of benzene rings is 2. The van der Waals surface area contributed by atoms with Gasteiger partial charge in [0.2, 0.25) is 0 Å². The van der Waals surface area contributed by atoms with Gasteiger partial charge in [-0.2, -0.15) is 0 Å². The summed E-state index contributed by atoms with van der Waals surface area (Å²) in [7, 11) is -3.72. The maximum Gasteiger partial charge on any atom is 0.262 e. The second kappa shape index (κ2) is 6.92. The smallest absolute Gasteiger partial charge is 0.262 e. The molecular formula is C17H18NO5S-. The normalized spacial score (nSPS) is 11.1. The highest BCUT2D eigenvalue weighted by Gasteiger charge is 2.20. The number of hydrogen-bond acceptors (Lipinski definition) is 5. The van der Waals surface area contributed by atoms with Gasteiger partial charge in [0, 0.05) is 5.69 Å². The Balaban J connectivity index is 2.22. The van der Waals surface area contributed by atoms with E-state index in [1.165, 1.54) is 24.3 Å². The molecular weight excluding hydrogens is 330 g/mol. The van der Waals surface area contributed by atoms with E-state index in [4.69, 9.17) is 4.74 Å². The molecule has 0 fully saturated rings. The molecule has 0 spiro atoms. The van der Waals surface area contributed by atoms with Crippen LogP contribution in [0.25, 0.3) is 0 Å². The Kier molecular flexibility index (Phi) is 5.14. The molecule has 0 bridgehead atoms. The average molecular weight is 348 g/mol. The van der Waals surface area contributed by atoms with Gasteiger partial charge in [-0.3, -0.25) is 4.72 Å². The molecule has 0 aliphatic rings. The monoisotopic (exact) mass is 348 g/mol. The van der Waals surface area contributed by atoms with Crippen molar-refractivity contribution < 1.29 is 23.1 Å². The number of ether oxygens (including phenoxy) is 1. The lowest BCUT2D eigenvalue weighted by Crippen LogP contribution is -2.28. The molecule has 1 N–H and O–H groups in total. The van der Waals surface area contributed by atoms with Crippen molar-refractivity contribution in [2.24, 2.45) is 0 Å². The van der Waals surface area contributed by atoms with Gasteiger partial charge in [0.05, 0.1) is 10.9 Å². The molecule has 0 radical (unpaired) electrons. The first kappa shape index (κ1) is 17.8. The molecule has 2 aromatic carbocycles. The van der Waals surface area contributed by atoms with Crippen LogP contribution in [0.15, 0.2) is 41.3 Å². The Morgan fingerprint density at radius 3 is 2.12 bits per heavy atom. The van der Waals surface area contributed by atoms with Crippen molar-refractivity contribution in [3.63, 3.8) is 0 Å². The van der Waals surface area contributed by atoms with Crippen LogP contribution in [0.5, 0.6) is 5.75 Å². The Morgan fingerprint density at radius 2 is 1.62 bits per heavy atom. The first-order valence-corrected chi connectivity index (χ1v) is 8.71. The summed E-state index contributed by atoms with van der Waals surface area (Å²) < 4.78 is 32.7. The molecule has 0 aliphatic carbocycles. The van der Waals surface area contributed by atoms with Gasteiger partial charge >= 0.3 is 0 Å². The SMILES string of the molecule is Cc1cc(C)c(S(=O)(=O)Nc2ccc(OCC(=O)[O-])cc2)c(C)c1. The molecule has 0 amide bonds. The van der Waals surface area contributed by atoms with Crippen molar-refractivity contribution in [2.45, 2.75) is 25.7 Å². The molecule has 0 atom stereocenters. The van der Waals surface area contributed by atoms with Crippen molar-refractivity contribution in [3.05, 3.63) is 53.1 Å². The maximum atomic E-state index is 12.6. The predicted octanol–water partition coefficient (Wildman–Crippen LogP) is 1.54. The number of rotatable bonds is 6. The van der Waals surface area contributed by atoms with Crippen molar-refractivity contribution in [1.82, 2.24) is 0 Å². The first-order valence-electron chi connectivity index (χ1n) is 7.22. The van der Waals surface area contributed by atoms with Gasteiger partial charge in [-0.15, -0.1) is 0 Å². The van der Waals surface area contributed by atoms with Crippen LogP contribution in [0.4, 0.5) is 5.69 Å². The van der Waals surface area contributed by atoms with Crippen LogP contribution < -0.4 is 14.6 Å². The summed E-state index contributed by atoms with van der Waals surface area (Å²) in [6.45, 7) is 4.86. The minimum atomic E-state index is -3.72. The Morgan fingerprint density at radius 1 is 1.08 bits per heavy atom. The first-order chi connectivity index (χ1) is 11.2. The second-order valence-electron chi connectivity index (χ2n) is 5.52. The third-order valence-corrected chi connectivity index (χ3v) is 5.02. The van der Waals surface area contributed by atoms with Crippen molar-refractivity contribution in [3.8, 4) is 5.75 Å². The van der Waals surface area contributed by atoms with Crippen LogP contribution in [0.1, 0.15) is 16.7 Å². The molecule has 24 heavy (non-hydrogen) atoms. The summed E-state index contributed by atoms with van der Waals surface area (Å²) in [6.07, 6.45) is 0. The van der Waals surface area contributed by atoms with Gasteiger partial charge in [-0.1, -0.05) is 17.7 Å². The Hall–Kier alpha value is -2.54. The summed E-state index contributed by atoms with van der Waals surface area (Å²) in [4.78, 5) is 10.6. The van der Waals surface area contributed by atoms with Gasteiger partial charge in [0.25, 0.3) is 10.0 Å². The third-order valence-electron chi connectivity index (χ3n) is 3.34. The van der Waals surface area contributed by atoms with E-state index < -0.39 is 22.6 Å². The van der Waals surface area contributed by atoms with Crippen LogP contribution in [0.3, 0.4) is 0 Å². The van der Waals surface area contributed by atoms with Crippen LogP contribution in [-0.2, 0) is 14.8 Å². The van der Waals surface area contributed by atoms with Crippen LogP contribution >= 0.6 is 0 Å². The van der Waals surface area contributed by atoms with Crippen LogP contribution in [0, 0.1) is 20.8 Å². The lowest BCUT2D eigenvalue weighted by molar-refractivity contribution is -0.307. The third kappa shape index (κ3) is 4.26. The molecule has 0 aliphatic heterocycles. The van der Waals surface area contributed by atoms with E-state index in [1.807, 2.05) is 19.1 Å². The van der Waals surface area contributed by atoms with E-state index in [0.717, 1.165) is 5.56 Å². The number of sulfonamides is 1. The van der Waals surface area contributed by atoms with E-state index in [-0.39, 0.29) is 4.90 Å². The van der Waals surface area contributed by atoms with Crippen molar-refractivity contribution >= 4 is 21.7 Å². The van der Waals surface area contributed by atoms with Crippen molar-refractivity contribution in [2.75, 3.05) is 11.3 Å². The number of carbonyl (C=O) groups excluding carboxylic acids is 1. The van der Waals surface area contributed by atoms with Crippen molar-refractivity contribution in [1.29, 1.82) is 0 Å². The highest BCUT2D eigenvalue weighted by Crippen LogP contribution is 2.25. The molecule has 128 valence electrons. The number of anilines is 1. The van der Waals surface area contributed by atoms with Gasteiger partial charge in [-0.25, -0.2) is 8.42 Å². The number of aryl methyl sites for hydroxylation is 3. The fourth-order valence-electron chi connectivity index (χ4n) is 2.56. The number of aliphatic carboxylic acids is 1. The van der Waals surface area contributed by atoms with E-state index >= 15 is 0 Å². The highest BCUT2D eigenvalue weighted by atomic mass is 32.2. The number of carboxylic acid groups (broad SMARTS) is 1. The molecule has 0 saturated heterocycles. The average Bonchev–Trinajstić information content (AvgIpc) is 2.44. The molecule has 2 rings (SSSR count). The topological polar surface area (TPSA) is 95.5 Å². The summed E-state index contributed by atoms with van der Waals surface area (Å²) in [5, 5.41) is 10.3. The number of hydrogen-bond donors (Lipinski definition) is 1. The van der Waals surface area contributed by atoms with E-state index in [2.05, 4.69) is 4.72 Å². The zero-order valence-corrected chi connectivity index (χ0v) is 14.4. The highest BCUT2D eigenvalue weighted by molar-refractivity contribution is 7.92. The fraction of sp³-hybridized carbons (Fsp3) is 0.235. The molecule has 6 nitrogen and oxygen atoms in total.